The minimum Gasteiger partial charge on any atom is -0.457 e. The summed E-state index contributed by atoms with van der Waals surface area (Å²) in [5, 5.41) is 3.20. The third-order valence-corrected chi connectivity index (χ3v) is 4.48. The third kappa shape index (κ3) is 4.05. The first-order valence-corrected chi connectivity index (χ1v) is 7.74. The fourth-order valence-electron chi connectivity index (χ4n) is 2.14. The van der Waals surface area contributed by atoms with Gasteiger partial charge in [0, 0.05) is 16.6 Å². The van der Waals surface area contributed by atoms with Crippen LogP contribution in [0.25, 0.3) is 0 Å². The van der Waals surface area contributed by atoms with Gasteiger partial charge in [0.15, 0.2) is 0 Å². The standard InChI is InChI=1S/C17H19BrFNO/c1-4-20-10-13-9-14(19)5-6-16(13)21-15-7-11(2)17(18)12(3)8-15/h5-9,20H,4,10H2,1-3H3. The molecule has 0 aliphatic carbocycles. The maximum absolute atomic E-state index is 13.4. The molecule has 21 heavy (non-hydrogen) atoms. The molecule has 112 valence electrons. The van der Waals surface area contributed by atoms with Crippen LogP contribution >= 0.6 is 15.9 Å². The topological polar surface area (TPSA) is 21.3 Å². The molecule has 0 amide bonds. The monoisotopic (exact) mass is 351 g/mol. The zero-order chi connectivity index (χ0) is 15.4. The van der Waals surface area contributed by atoms with E-state index in [-0.39, 0.29) is 5.82 Å². The van der Waals surface area contributed by atoms with Crippen LogP contribution in [0.2, 0.25) is 0 Å². The van der Waals surface area contributed by atoms with Crippen LogP contribution in [-0.2, 0) is 6.54 Å². The summed E-state index contributed by atoms with van der Waals surface area (Å²) >= 11 is 3.54. The lowest BCUT2D eigenvalue weighted by atomic mass is 10.1. The first-order valence-electron chi connectivity index (χ1n) is 6.95. The molecular weight excluding hydrogens is 333 g/mol. The number of benzene rings is 2. The Morgan fingerprint density at radius 2 is 1.81 bits per heavy atom. The van der Waals surface area contributed by atoms with Crippen molar-refractivity contribution in [3.8, 4) is 11.5 Å². The highest BCUT2D eigenvalue weighted by molar-refractivity contribution is 9.10. The highest BCUT2D eigenvalue weighted by Gasteiger charge is 2.09. The molecule has 0 saturated heterocycles. The summed E-state index contributed by atoms with van der Waals surface area (Å²) in [5.74, 6) is 1.19. The van der Waals surface area contributed by atoms with Crippen molar-refractivity contribution >= 4 is 15.9 Å². The molecule has 0 unspecified atom stereocenters. The van der Waals surface area contributed by atoms with Crippen molar-refractivity contribution in [3.05, 3.63) is 57.3 Å². The first kappa shape index (κ1) is 16.0. The molecule has 0 heterocycles. The largest absolute Gasteiger partial charge is 0.457 e. The lowest BCUT2D eigenvalue weighted by molar-refractivity contribution is 0.469. The molecule has 2 aromatic carbocycles. The third-order valence-electron chi connectivity index (χ3n) is 3.23. The molecule has 0 aliphatic heterocycles. The Balaban J connectivity index is 2.30. The van der Waals surface area contributed by atoms with E-state index >= 15 is 0 Å². The van der Waals surface area contributed by atoms with Crippen LogP contribution in [0, 0.1) is 19.7 Å². The molecule has 2 nitrogen and oxygen atoms in total. The predicted octanol–water partition coefficient (Wildman–Crippen LogP) is 5.11. The molecule has 1 N–H and O–H groups in total. The second-order valence-electron chi connectivity index (χ2n) is 5.01. The van der Waals surface area contributed by atoms with Gasteiger partial charge in [0.25, 0.3) is 0 Å². The molecule has 0 aromatic heterocycles. The first-order chi connectivity index (χ1) is 10.0. The van der Waals surface area contributed by atoms with Crippen molar-refractivity contribution in [1.29, 1.82) is 0 Å². The molecule has 0 spiro atoms. The minimum absolute atomic E-state index is 0.251. The molecule has 0 saturated carbocycles. The Kier molecular flexibility index (Phi) is 5.37. The average molecular weight is 352 g/mol. The van der Waals surface area contributed by atoms with Gasteiger partial charge in [-0.05, 0) is 61.9 Å². The molecule has 4 heteroatoms. The zero-order valence-corrected chi connectivity index (χ0v) is 14.1. The summed E-state index contributed by atoms with van der Waals surface area (Å²) < 4.78 is 20.4. The van der Waals surface area contributed by atoms with E-state index in [1.165, 1.54) is 12.1 Å². The Labute approximate surface area is 133 Å². The molecule has 0 radical (unpaired) electrons. The van der Waals surface area contributed by atoms with Gasteiger partial charge in [-0.25, -0.2) is 4.39 Å². The average Bonchev–Trinajstić information content (AvgIpc) is 2.45. The highest BCUT2D eigenvalue weighted by Crippen LogP contribution is 2.31. The van der Waals surface area contributed by atoms with Gasteiger partial charge in [-0.2, -0.15) is 0 Å². The number of hydrogen-bond donors (Lipinski definition) is 1. The quantitative estimate of drug-likeness (QED) is 0.808. The number of nitrogens with one attached hydrogen (secondary N) is 1. The van der Waals surface area contributed by atoms with Crippen molar-refractivity contribution in [2.75, 3.05) is 6.54 Å². The SMILES string of the molecule is CCNCc1cc(F)ccc1Oc1cc(C)c(Br)c(C)c1. The Morgan fingerprint density at radius 1 is 1.14 bits per heavy atom. The van der Waals surface area contributed by atoms with E-state index in [0.29, 0.717) is 12.3 Å². The summed E-state index contributed by atoms with van der Waals surface area (Å²) in [7, 11) is 0. The second-order valence-corrected chi connectivity index (χ2v) is 5.80. The number of halogens is 2. The molecule has 0 atom stereocenters. The van der Waals surface area contributed by atoms with Gasteiger partial charge in [-0.3, -0.25) is 0 Å². The van der Waals surface area contributed by atoms with Crippen molar-refractivity contribution < 1.29 is 9.13 Å². The van der Waals surface area contributed by atoms with Crippen LogP contribution in [-0.4, -0.2) is 6.54 Å². The number of hydrogen-bond acceptors (Lipinski definition) is 2. The van der Waals surface area contributed by atoms with E-state index in [2.05, 4.69) is 21.2 Å². The van der Waals surface area contributed by atoms with Crippen LogP contribution in [0.5, 0.6) is 11.5 Å². The van der Waals surface area contributed by atoms with E-state index in [4.69, 9.17) is 4.74 Å². The molecule has 2 aromatic rings. The van der Waals surface area contributed by atoms with E-state index in [1.807, 2.05) is 32.9 Å². The Morgan fingerprint density at radius 3 is 2.43 bits per heavy atom. The zero-order valence-electron chi connectivity index (χ0n) is 12.5. The van der Waals surface area contributed by atoms with Crippen LogP contribution in [0.1, 0.15) is 23.6 Å². The Bertz CT molecular complexity index is 620. The minimum atomic E-state index is -0.251. The number of aryl methyl sites for hydroxylation is 2. The summed E-state index contributed by atoms with van der Waals surface area (Å²) in [6.07, 6.45) is 0. The maximum atomic E-state index is 13.4. The van der Waals surface area contributed by atoms with Crippen LogP contribution in [0.4, 0.5) is 4.39 Å². The van der Waals surface area contributed by atoms with Gasteiger partial charge >= 0.3 is 0 Å². The van der Waals surface area contributed by atoms with E-state index < -0.39 is 0 Å². The fourth-order valence-corrected chi connectivity index (χ4v) is 2.37. The van der Waals surface area contributed by atoms with Crippen LogP contribution in [0.15, 0.2) is 34.8 Å². The predicted molar refractivity (Wildman–Crippen MR) is 87.5 cm³/mol. The summed E-state index contributed by atoms with van der Waals surface area (Å²) in [6, 6.07) is 8.55. The number of rotatable bonds is 5. The van der Waals surface area contributed by atoms with E-state index in [0.717, 1.165) is 33.5 Å². The summed E-state index contributed by atoms with van der Waals surface area (Å²) in [5.41, 5.74) is 3.04. The van der Waals surface area contributed by atoms with Crippen molar-refractivity contribution in [2.24, 2.45) is 0 Å². The van der Waals surface area contributed by atoms with Crippen LogP contribution in [0.3, 0.4) is 0 Å². The lowest BCUT2D eigenvalue weighted by Gasteiger charge is -2.13. The molecule has 0 fully saturated rings. The Hall–Kier alpha value is -1.39. The normalized spacial score (nSPS) is 10.7. The van der Waals surface area contributed by atoms with Gasteiger partial charge in [0.05, 0.1) is 0 Å². The molecule has 0 bridgehead atoms. The maximum Gasteiger partial charge on any atom is 0.132 e. The van der Waals surface area contributed by atoms with E-state index in [1.54, 1.807) is 6.07 Å². The van der Waals surface area contributed by atoms with Gasteiger partial charge in [0.1, 0.15) is 17.3 Å². The van der Waals surface area contributed by atoms with E-state index in [9.17, 15) is 4.39 Å². The van der Waals surface area contributed by atoms with Gasteiger partial charge in [0.2, 0.25) is 0 Å². The number of ether oxygens (including phenoxy) is 1. The van der Waals surface area contributed by atoms with Crippen molar-refractivity contribution in [2.45, 2.75) is 27.3 Å². The molecule has 0 aliphatic rings. The summed E-state index contributed by atoms with van der Waals surface area (Å²) in [6.45, 7) is 7.47. The second kappa shape index (κ2) is 7.05. The molecular formula is C17H19BrFNO. The molecule has 2 rings (SSSR count). The lowest BCUT2D eigenvalue weighted by Crippen LogP contribution is -2.12. The van der Waals surface area contributed by atoms with Gasteiger partial charge in [-0.15, -0.1) is 0 Å². The smallest absolute Gasteiger partial charge is 0.132 e. The fraction of sp³-hybridized carbons (Fsp3) is 0.294. The van der Waals surface area contributed by atoms with Crippen molar-refractivity contribution in [1.82, 2.24) is 5.32 Å². The van der Waals surface area contributed by atoms with Crippen LogP contribution < -0.4 is 10.1 Å². The highest BCUT2D eigenvalue weighted by atomic mass is 79.9. The van der Waals surface area contributed by atoms with Gasteiger partial charge < -0.3 is 10.1 Å². The summed E-state index contributed by atoms with van der Waals surface area (Å²) in [4.78, 5) is 0. The van der Waals surface area contributed by atoms with Gasteiger partial charge in [-0.1, -0.05) is 22.9 Å². The van der Waals surface area contributed by atoms with Crippen molar-refractivity contribution in [3.63, 3.8) is 0 Å².